The van der Waals surface area contributed by atoms with Crippen LogP contribution in [0.25, 0.3) is 11.8 Å². The monoisotopic (exact) mass is 638 g/mol. The van der Waals surface area contributed by atoms with E-state index in [1.807, 2.05) is 6.08 Å². The first-order valence-corrected chi connectivity index (χ1v) is 15.7. The summed E-state index contributed by atoms with van der Waals surface area (Å²) in [6.07, 6.45) is 4.81. The van der Waals surface area contributed by atoms with Gasteiger partial charge in [-0.1, -0.05) is 5.57 Å². The standard InChI is InChI=1S/C33H27F5N4O2S/c34-22-2-7-25(8-3-22)41-30-13-21-1-6-26(42(27-17-33(37,38)18-27)45(44)28-9-4-23(35)5-10-28)16-32(21,15-20(30)19-40-41)31(43)29-14-24(36)11-12-39-29/h2-5,7-14,19,26-27H,1,6,15-18H2. The third kappa shape index (κ3) is 5.33. The topological polar surface area (TPSA) is 68.1 Å². The molecule has 45 heavy (non-hydrogen) atoms. The molecule has 3 aliphatic rings. The Labute approximate surface area is 258 Å². The predicted octanol–water partition coefficient (Wildman–Crippen LogP) is 6.87. The number of nitrogens with zero attached hydrogens (tertiary/aromatic N) is 4. The van der Waals surface area contributed by atoms with Crippen molar-refractivity contribution < 1.29 is 31.0 Å². The second-order valence-electron chi connectivity index (χ2n) is 11.9. The first-order valence-electron chi connectivity index (χ1n) is 14.6. The molecule has 0 aliphatic heterocycles. The largest absolute Gasteiger partial charge is 0.291 e. The Bertz CT molecular complexity index is 1830. The molecule has 2 aromatic carbocycles. The molecule has 0 bridgehead atoms. The summed E-state index contributed by atoms with van der Waals surface area (Å²) in [5, 5.41) is 4.52. The van der Waals surface area contributed by atoms with E-state index in [9.17, 15) is 31.0 Å². The van der Waals surface area contributed by atoms with Gasteiger partial charge < -0.3 is 0 Å². The Morgan fingerprint density at radius 1 is 0.911 bits per heavy atom. The minimum absolute atomic E-state index is 0.0719. The zero-order chi connectivity index (χ0) is 31.5. The molecule has 3 unspecified atom stereocenters. The molecule has 0 amide bonds. The summed E-state index contributed by atoms with van der Waals surface area (Å²) in [5.41, 5.74) is 1.49. The molecule has 2 heterocycles. The number of aromatic nitrogens is 3. The molecule has 3 aliphatic carbocycles. The van der Waals surface area contributed by atoms with Crippen LogP contribution in [0.3, 0.4) is 0 Å². The van der Waals surface area contributed by atoms with Crippen molar-refractivity contribution in [3.05, 3.63) is 113 Å². The molecule has 2 fully saturated rings. The van der Waals surface area contributed by atoms with Crippen molar-refractivity contribution in [2.75, 3.05) is 0 Å². The van der Waals surface area contributed by atoms with Crippen LogP contribution in [0.1, 0.15) is 53.8 Å². The Kier molecular flexibility index (Phi) is 7.31. The molecule has 3 atom stereocenters. The SMILES string of the molecule is O=C(c1cc(F)ccn1)C12Cc3cnn(-c4ccc(F)cc4)c3C=C1CCC(N(C1CC(F)(F)C1)S(=O)c1ccc(F)cc1)C2. The smallest absolute Gasteiger partial charge is 0.251 e. The summed E-state index contributed by atoms with van der Waals surface area (Å²) in [7, 11) is -1.92. The number of ketones is 1. The van der Waals surface area contributed by atoms with Crippen LogP contribution in [0.5, 0.6) is 0 Å². The van der Waals surface area contributed by atoms with E-state index in [-0.39, 0.29) is 23.4 Å². The predicted molar refractivity (Wildman–Crippen MR) is 156 cm³/mol. The zero-order valence-corrected chi connectivity index (χ0v) is 24.6. The molecule has 6 nitrogen and oxygen atoms in total. The summed E-state index contributed by atoms with van der Waals surface area (Å²) in [6, 6.07) is 11.9. The van der Waals surface area contributed by atoms with Gasteiger partial charge in [0.15, 0.2) is 5.78 Å². The zero-order valence-electron chi connectivity index (χ0n) is 23.8. The molecule has 12 heteroatoms. The summed E-state index contributed by atoms with van der Waals surface area (Å²) in [5.74, 6) is -4.86. The van der Waals surface area contributed by atoms with Crippen LogP contribution < -0.4 is 0 Å². The van der Waals surface area contributed by atoms with E-state index in [1.165, 1.54) is 42.6 Å². The van der Waals surface area contributed by atoms with Gasteiger partial charge >= 0.3 is 0 Å². The number of hydrogen-bond acceptors (Lipinski definition) is 4. The minimum Gasteiger partial charge on any atom is -0.291 e. The molecule has 2 saturated carbocycles. The molecule has 0 radical (unpaired) electrons. The van der Waals surface area contributed by atoms with Gasteiger partial charge in [0.05, 0.1) is 27.9 Å². The molecule has 0 N–H and O–H groups in total. The van der Waals surface area contributed by atoms with Crippen molar-refractivity contribution >= 4 is 22.8 Å². The molecule has 0 spiro atoms. The summed E-state index contributed by atoms with van der Waals surface area (Å²) in [4.78, 5) is 18.9. The lowest BCUT2D eigenvalue weighted by Gasteiger charge is -2.50. The molecular weight excluding hydrogens is 611 g/mol. The van der Waals surface area contributed by atoms with E-state index >= 15 is 0 Å². The van der Waals surface area contributed by atoms with E-state index in [0.29, 0.717) is 18.5 Å². The van der Waals surface area contributed by atoms with Gasteiger partial charge in [0, 0.05) is 37.2 Å². The van der Waals surface area contributed by atoms with Crippen molar-refractivity contribution in [3.63, 3.8) is 0 Å². The Morgan fingerprint density at radius 2 is 1.60 bits per heavy atom. The van der Waals surface area contributed by atoms with Gasteiger partial charge in [-0.25, -0.2) is 35.1 Å². The third-order valence-electron chi connectivity index (χ3n) is 9.09. The Hall–Kier alpha value is -4.03. The van der Waals surface area contributed by atoms with Crippen molar-refractivity contribution in [3.8, 4) is 5.69 Å². The van der Waals surface area contributed by atoms with Gasteiger partial charge in [0.2, 0.25) is 0 Å². The van der Waals surface area contributed by atoms with E-state index < -0.39 is 70.5 Å². The van der Waals surface area contributed by atoms with Crippen LogP contribution in [0.4, 0.5) is 22.0 Å². The maximum atomic E-state index is 14.4. The Morgan fingerprint density at radius 3 is 2.27 bits per heavy atom. The second kappa shape index (κ2) is 11.1. The van der Waals surface area contributed by atoms with Gasteiger partial charge in [-0.2, -0.15) is 5.10 Å². The maximum absolute atomic E-state index is 14.4. The summed E-state index contributed by atoms with van der Waals surface area (Å²) >= 11 is 0. The number of halogens is 5. The fourth-order valence-electron chi connectivity index (χ4n) is 6.91. The van der Waals surface area contributed by atoms with Crippen LogP contribution in [0.15, 0.2) is 83.5 Å². The fourth-order valence-corrected chi connectivity index (χ4v) is 8.40. The number of allylic oxidation sites excluding steroid dienone is 1. The number of fused-ring (bicyclic) bond motifs is 2. The molecular formula is C33H27F5N4O2S. The van der Waals surface area contributed by atoms with Crippen molar-refractivity contribution in [1.29, 1.82) is 0 Å². The highest BCUT2D eigenvalue weighted by Crippen LogP contribution is 2.53. The lowest BCUT2D eigenvalue weighted by atomic mass is 9.60. The highest BCUT2D eigenvalue weighted by atomic mass is 32.2. The van der Waals surface area contributed by atoms with Gasteiger partial charge in [-0.05, 0) is 91.9 Å². The van der Waals surface area contributed by atoms with Crippen LogP contribution in [-0.4, -0.2) is 47.1 Å². The molecule has 7 rings (SSSR count). The number of alkyl halides is 2. The maximum Gasteiger partial charge on any atom is 0.251 e. The van der Waals surface area contributed by atoms with E-state index in [1.54, 1.807) is 27.3 Å². The van der Waals surface area contributed by atoms with Crippen molar-refractivity contribution in [2.24, 2.45) is 5.41 Å². The third-order valence-corrected chi connectivity index (χ3v) is 10.7. The first-order chi connectivity index (χ1) is 21.5. The van der Waals surface area contributed by atoms with Crippen molar-refractivity contribution in [1.82, 2.24) is 19.1 Å². The average Bonchev–Trinajstić information content (AvgIpc) is 3.41. The highest BCUT2D eigenvalue weighted by Gasteiger charge is 2.55. The van der Waals surface area contributed by atoms with Crippen LogP contribution in [0, 0.1) is 22.9 Å². The molecule has 4 aromatic rings. The van der Waals surface area contributed by atoms with Gasteiger partial charge in [-0.15, -0.1) is 0 Å². The molecule has 2 aromatic heterocycles. The number of hydrogen-bond donors (Lipinski definition) is 0. The summed E-state index contributed by atoms with van der Waals surface area (Å²) < 4.78 is 87.3. The van der Waals surface area contributed by atoms with Crippen LogP contribution >= 0.6 is 0 Å². The van der Waals surface area contributed by atoms with E-state index in [0.717, 1.165) is 29.0 Å². The average molecular weight is 639 g/mol. The number of rotatable bonds is 7. The van der Waals surface area contributed by atoms with Crippen LogP contribution in [0.2, 0.25) is 0 Å². The number of Topliss-reactive ketones (excluding diaryl/α,β-unsaturated/α-hetero) is 1. The van der Waals surface area contributed by atoms with E-state index in [4.69, 9.17) is 0 Å². The molecule has 0 saturated heterocycles. The molecule has 232 valence electrons. The fraction of sp³-hybridized carbons (Fsp3) is 0.303. The number of carbonyl (C=O) groups is 1. The van der Waals surface area contributed by atoms with Crippen molar-refractivity contribution in [2.45, 2.75) is 61.4 Å². The highest BCUT2D eigenvalue weighted by molar-refractivity contribution is 7.82. The minimum atomic E-state index is -2.90. The Balaban J connectivity index is 1.31. The number of carbonyl (C=O) groups excluding carboxylic acids is 1. The van der Waals surface area contributed by atoms with Gasteiger partial charge in [0.1, 0.15) is 34.1 Å². The first kappa shape index (κ1) is 29.7. The normalized spacial score (nSPS) is 23.1. The number of pyridine rings is 1. The number of benzene rings is 2. The van der Waals surface area contributed by atoms with E-state index in [2.05, 4.69) is 10.1 Å². The quantitative estimate of drug-likeness (QED) is 0.164. The van der Waals surface area contributed by atoms with Gasteiger partial charge in [-0.3, -0.25) is 9.78 Å². The summed E-state index contributed by atoms with van der Waals surface area (Å²) in [6.45, 7) is 0. The van der Waals surface area contributed by atoms with Crippen LogP contribution in [-0.2, 0) is 17.4 Å². The second-order valence-corrected chi connectivity index (χ2v) is 13.3. The van der Waals surface area contributed by atoms with Gasteiger partial charge in [0.25, 0.3) is 5.92 Å². The lowest BCUT2D eigenvalue weighted by molar-refractivity contribution is -0.115. The lowest BCUT2D eigenvalue weighted by Crippen LogP contribution is -2.57.